The van der Waals surface area contributed by atoms with Gasteiger partial charge in [-0.25, -0.2) is 4.79 Å². The lowest BCUT2D eigenvalue weighted by Crippen LogP contribution is -2.36. The van der Waals surface area contributed by atoms with Crippen LogP contribution in [0.15, 0.2) is 12.2 Å². The molecular formula is C26H33N3O7. The van der Waals surface area contributed by atoms with E-state index in [0.717, 1.165) is 6.42 Å². The van der Waals surface area contributed by atoms with Gasteiger partial charge in [0.15, 0.2) is 0 Å². The van der Waals surface area contributed by atoms with E-state index < -0.39 is 11.9 Å². The van der Waals surface area contributed by atoms with E-state index in [1.807, 2.05) is 0 Å². The van der Waals surface area contributed by atoms with Gasteiger partial charge in [-0.05, 0) is 37.5 Å². The van der Waals surface area contributed by atoms with Crippen LogP contribution in [0.1, 0.15) is 58.3 Å². The van der Waals surface area contributed by atoms with E-state index in [0.29, 0.717) is 37.3 Å². The molecule has 10 nitrogen and oxygen atoms in total. The summed E-state index contributed by atoms with van der Waals surface area (Å²) in [5, 5.41) is 0.365. The van der Waals surface area contributed by atoms with Gasteiger partial charge in [-0.3, -0.25) is 28.9 Å². The first-order chi connectivity index (χ1) is 17.3. The van der Waals surface area contributed by atoms with Gasteiger partial charge in [0.25, 0.3) is 12.3 Å². The van der Waals surface area contributed by atoms with Crippen LogP contribution in [0.5, 0.6) is 0 Å². The second kappa shape index (κ2) is 12.5. The Labute approximate surface area is 210 Å². The molecular weight excluding hydrogens is 466 g/mol. The summed E-state index contributed by atoms with van der Waals surface area (Å²) in [7, 11) is 0. The maximum atomic E-state index is 12.7. The maximum absolute atomic E-state index is 12.7. The van der Waals surface area contributed by atoms with E-state index in [9.17, 15) is 28.8 Å². The van der Waals surface area contributed by atoms with E-state index in [2.05, 4.69) is 18.1 Å². The third-order valence-corrected chi connectivity index (χ3v) is 7.06. The maximum Gasteiger partial charge on any atom is 0.334 e. The van der Waals surface area contributed by atoms with Crippen molar-refractivity contribution in [2.75, 3.05) is 19.6 Å². The fraction of sp³-hybridized carbons (Fsp3) is 0.615. The number of terminal acetylenes is 1. The molecule has 0 spiro atoms. The fourth-order valence-corrected chi connectivity index (χ4v) is 5.30. The minimum atomic E-state index is -0.824. The number of likely N-dealkylation sites (tertiary alicyclic amines) is 1. The van der Waals surface area contributed by atoms with Gasteiger partial charge in [-0.2, -0.15) is 0 Å². The van der Waals surface area contributed by atoms with Crippen molar-refractivity contribution in [3.05, 3.63) is 12.2 Å². The van der Waals surface area contributed by atoms with Crippen LogP contribution in [0.2, 0.25) is 0 Å². The highest BCUT2D eigenvalue weighted by molar-refractivity contribution is 6.06. The number of allylic oxidation sites excluding steroid dienone is 2. The minimum Gasteiger partial charge on any atom is -0.331 e. The average molecular weight is 500 g/mol. The van der Waals surface area contributed by atoms with Crippen molar-refractivity contribution < 1.29 is 33.6 Å². The molecule has 36 heavy (non-hydrogen) atoms. The first kappa shape index (κ1) is 27.1. The number of hydrogen-bond donors (Lipinski definition) is 0. The third-order valence-electron chi connectivity index (χ3n) is 7.06. The lowest BCUT2D eigenvalue weighted by Gasteiger charge is -2.21. The molecule has 0 aromatic carbocycles. The van der Waals surface area contributed by atoms with Gasteiger partial charge < -0.3 is 9.74 Å². The smallest absolute Gasteiger partial charge is 0.331 e. The number of hydroxylamine groups is 2. The lowest BCUT2D eigenvalue weighted by molar-refractivity contribution is -0.196. The molecule has 10 heteroatoms. The van der Waals surface area contributed by atoms with Crippen molar-refractivity contribution >= 4 is 36.0 Å². The molecule has 0 aromatic heterocycles. The van der Waals surface area contributed by atoms with Gasteiger partial charge in [-0.15, -0.1) is 11.5 Å². The minimum absolute atomic E-state index is 0.00748. The summed E-state index contributed by atoms with van der Waals surface area (Å²) in [5.74, 6) is 0.577. The van der Waals surface area contributed by atoms with Crippen molar-refractivity contribution in [2.24, 2.45) is 23.7 Å². The number of fused-ring (bicyclic) bond motifs is 5. The Bertz CT molecular complexity index is 939. The van der Waals surface area contributed by atoms with Gasteiger partial charge in [0.05, 0.1) is 24.8 Å². The zero-order valence-corrected chi connectivity index (χ0v) is 20.6. The lowest BCUT2D eigenvalue weighted by atomic mass is 9.85. The molecule has 1 saturated heterocycles. The van der Waals surface area contributed by atoms with Gasteiger partial charge in [0.1, 0.15) is 0 Å². The van der Waals surface area contributed by atoms with Crippen molar-refractivity contribution in [1.29, 1.82) is 0 Å². The number of hydrogen-bond acceptors (Lipinski definition) is 7. The van der Waals surface area contributed by atoms with E-state index >= 15 is 0 Å². The second-order valence-electron chi connectivity index (χ2n) is 9.45. The van der Waals surface area contributed by atoms with Crippen LogP contribution in [-0.4, -0.2) is 70.5 Å². The van der Waals surface area contributed by atoms with Gasteiger partial charge in [-0.1, -0.05) is 31.4 Å². The molecule has 0 radical (unpaired) electrons. The highest BCUT2D eigenvalue weighted by atomic mass is 16.7. The molecule has 3 aliphatic rings. The quantitative estimate of drug-likeness (QED) is 0.0939. The summed E-state index contributed by atoms with van der Waals surface area (Å²) < 4.78 is 0. The van der Waals surface area contributed by atoms with Gasteiger partial charge >= 0.3 is 5.97 Å². The predicted molar refractivity (Wildman–Crippen MR) is 127 cm³/mol. The number of carbonyl (C=O) groups excluding carboxylic acids is 6. The van der Waals surface area contributed by atoms with E-state index in [4.69, 9.17) is 11.3 Å². The summed E-state index contributed by atoms with van der Waals surface area (Å²) >= 11 is 0. The molecule has 5 amide bonds. The van der Waals surface area contributed by atoms with Crippen molar-refractivity contribution in [3.8, 4) is 12.3 Å². The van der Waals surface area contributed by atoms with Crippen molar-refractivity contribution in [3.63, 3.8) is 0 Å². The molecule has 1 aliphatic heterocycles. The Kier molecular flexibility index (Phi) is 9.39. The van der Waals surface area contributed by atoms with Crippen molar-refractivity contribution in [1.82, 2.24) is 14.9 Å². The normalized spacial score (nSPS) is 23.4. The van der Waals surface area contributed by atoms with Gasteiger partial charge in [0, 0.05) is 25.9 Å². The van der Waals surface area contributed by atoms with Crippen LogP contribution < -0.4 is 0 Å². The second-order valence-corrected chi connectivity index (χ2v) is 9.45. The Balaban J connectivity index is 1.36. The zero-order chi connectivity index (χ0) is 26.2. The molecule has 2 aliphatic carbocycles. The monoisotopic (exact) mass is 499 g/mol. The van der Waals surface area contributed by atoms with E-state index in [1.165, 1.54) is 9.80 Å². The first-order valence-corrected chi connectivity index (χ1v) is 12.5. The Morgan fingerprint density at radius 2 is 1.72 bits per heavy atom. The summed E-state index contributed by atoms with van der Waals surface area (Å²) in [6, 6.07) is 0. The molecule has 194 valence electrons. The largest absolute Gasteiger partial charge is 0.334 e. The van der Waals surface area contributed by atoms with Crippen LogP contribution in [0.25, 0.3) is 0 Å². The molecule has 1 saturated carbocycles. The summed E-state index contributed by atoms with van der Waals surface area (Å²) in [6.45, 7) is 2.12. The van der Waals surface area contributed by atoms with Crippen LogP contribution in [-0.2, 0) is 33.6 Å². The Hall–Kier alpha value is -3.48. The number of amides is 5. The van der Waals surface area contributed by atoms with Crippen molar-refractivity contribution in [2.45, 2.75) is 58.3 Å². The molecule has 3 rings (SSSR count). The molecule has 2 fully saturated rings. The Morgan fingerprint density at radius 1 is 1.06 bits per heavy atom. The summed E-state index contributed by atoms with van der Waals surface area (Å²) in [5.41, 5.74) is 0. The molecule has 0 N–H and O–H groups in total. The average Bonchev–Trinajstić information content (AvgIpc) is 3.54. The molecule has 2 bridgehead atoms. The van der Waals surface area contributed by atoms with Crippen LogP contribution in [0.3, 0.4) is 0 Å². The zero-order valence-electron chi connectivity index (χ0n) is 20.6. The SMILES string of the molecule is C#CCN(CCC(=O)ON(C=O)C(=O)CCC)C(=O)CCCCCN1C(=O)C2C3C=CC(C3)C2C1=O. The number of nitrogens with zero attached hydrogens (tertiary/aromatic N) is 3. The summed E-state index contributed by atoms with van der Waals surface area (Å²) in [4.78, 5) is 80.2. The Morgan fingerprint density at radius 3 is 2.31 bits per heavy atom. The van der Waals surface area contributed by atoms with Gasteiger partial charge in [0.2, 0.25) is 17.7 Å². The van der Waals surface area contributed by atoms with Crippen LogP contribution in [0.4, 0.5) is 0 Å². The molecule has 1 heterocycles. The molecule has 4 unspecified atom stereocenters. The van der Waals surface area contributed by atoms with E-state index in [1.54, 1.807) is 6.92 Å². The topological polar surface area (TPSA) is 121 Å². The molecule has 0 aromatic rings. The van der Waals surface area contributed by atoms with E-state index in [-0.39, 0.29) is 80.2 Å². The summed E-state index contributed by atoms with van der Waals surface area (Å²) in [6.07, 6.45) is 12.9. The molecule has 4 atom stereocenters. The highest BCUT2D eigenvalue weighted by Gasteiger charge is 2.58. The van der Waals surface area contributed by atoms with Crippen LogP contribution >= 0.6 is 0 Å². The first-order valence-electron chi connectivity index (χ1n) is 12.5. The number of imide groups is 2. The highest BCUT2D eigenvalue weighted by Crippen LogP contribution is 2.52. The number of rotatable bonds is 13. The number of carbonyl (C=O) groups is 6. The standard InChI is InChI=1S/C26H33N3O7/c1-3-8-21(32)29(17-30)36-22(33)12-15-27(13-4-2)20(31)9-6-5-7-14-28-25(34)23-18-10-11-19(16-18)24(23)26(28)35/h2,10-11,17-19,23-24H,3,5-9,12-16H2,1H3. The third kappa shape index (κ3) is 6.01. The fourth-order valence-electron chi connectivity index (χ4n) is 5.30. The number of unbranched alkanes of at least 4 members (excludes halogenated alkanes) is 2. The predicted octanol–water partition coefficient (Wildman–Crippen LogP) is 1.45. The van der Waals surface area contributed by atoms with Crippen LogP contribution in [0, 0.1) is 36.0 Å².